The summed E-state index contributed by atoms with van der Waals surface area (Å²) in [6.07, 6.45) is 0. The van der Waals surface area contributed by atoms with Crippen molar-refractivity contribution in [1.82, 2.24) is 9.13 Å². The van der Waals surface area contributed by atoms with Crippen LogP contribution in [0.2, 0.25) is 0 Å². The first-order valence-electron chi connectivity index (χ1n) is 19.9. The van der Waals surface area contributed by atoms with Crippen LogP contribution in [-0.2, 0) is 0 Å². The van der Waals surface area contributed by atoms with E-state index in [1.807, 2.05) is 48.5 Å². The van der Waals surface area contributed by atoms with E-state index in [0.29, 0.717) is 22.6 Å². The lowest BCUT2D eigenvalue weighted by Gasteiger charge is -2.25. The Morgan fingerprint density at radius 2 is 1.10 bits per heavy atom. The summed E-state index contributed by atoms with van der Waals surface area (Å²) in [5.74, 6) is 0. The molecule has 0 fully saturated rings. The molecule has 0 N–H and O–H groups in total. The minimum Gasteiger partial charge on any atom is -0.456 e. The maximum atomic E-state index is 11.1. The molecule has 3 heterocycles. The highest BCUT2D eigenvalue weighted by molar-refractivity contribution is 6.22. The molecule has 12 aromatic rings. The van der Waals surface area contributed by atoms with Crippen molar-refractivity contribution in [2.24, 2.45) is 0 Å². The van der Waals surface area contributed by atoms with Crippen LogP contribution in [0, 0.1) is 17.9 Å². The lowest BCUT2D eigenvalue weighted by Crippen LogP contribution is -2.09. The molecular formula is C54H31N5O. The van der Waals surface area contributed by atoms with E-state index in [0.717, 1.165) is 93.4 Å². The fourth-order valence-electron chi connectivity index (χ4n) is 9.33. The van der Waals surface area contributed by atoms with Gasteiger partial charge >= 0.3 is 0 Å². The highest BCUT2D eigenvalue weighted by Crippen LogP contribution is 2.45. The van der Waals surface area contributed by atoms with Crippen molar-refractivity contribution in [2.45, 2.75) is 0 Å². The normalized spacial score (nSPS) is 11.6. The number of aromatic nitrogens is 2. The molecule has 60 heavy (non-hydrogen) atoms. The molecule has 9 aromatic carbocycles. The van der Waals surface area contributed by atoms with Crippen LogP contribution in [0.1, 0.15) is 5.56 Å². The third-order valence-electron chi connectivity index (χ3n) is 11.9. The molecule has 0 aliphatic carbocycles. The Morgan fingerprint density at radius 1 is 0.467 bits per heavy atom. The van der Waals surface area contributed by atoms with Gasteiger partial charge in [0.1, 0.15) is 17.2 Å². The first-order chi connectivity index (χ1) is 29.7. The van der Waals surface area contributed by atoms with Crippen molar-refractivity contribution in [3.8, 4) is 17.4 Å². The molecule has 0 unspecified atom stereocenters. The van der Waals surface area contributed by atoms with Crippen LogP contribution in [0.25, 0.3) is 92.5 Å². The van der Waals surface area contributed by atoms with Gasteiger partial charge in [0, 0.05) is 55.4 Å². The van der Waals surface area contributed by atoms with Crippen molar-refractivity contribution in [1.29, 1.82) is 5.26 Å². The quantitative estimate of drug-likeness (QED) is 0.164. The number of benzene rings is 9. The van der Waals surface area contributed by atoms with Crippen molar-refractivity contribution < 1.29 is 4.42 Å². The molecular weight excluding hydrogens is 735 g/mol. The summed E-state index contributed by atoms with van der Waals surface area (Å²) in [7, 11) is 0. The lowest BCUT2D eigenvalue weighted by atomic mass is 10.0. The number of nitrogens with zero attached hydrogens (tertiary/aromatic N) is 5. The monoisotopic (exact) mass is 765 g/mol. The molecule has 0 saturated carbocycles. The Labute approximate surface area is 344 Å². The summed E-state index contributed by atoms with van der Waals surface area (Å²) >= 11 is 0. The zero-order chi connectivity index (χ0) is 39.9. The third-order valence-corrected chi connectivity index (χ3v) is 11.9. The summed E-state index contributed by atoms with van der Waals surface area (Å²) in [5, 5.41) is 19.7. The number of hydrogen-bond donors (Lipinski definition) is 0. The van der Waals surface area contributed by atoms with E-state index in [2.05, 4.69) is 164 Å². The van der Waals surface area contributed by atoms with Gasteiger partial charge in [-0.05, 0) is 89.6 Å². The smallest absolute Gasteiger partial charge is 0.212 e. The Hall–Kier alpha value is -8.58. The van der Waals surface area contributed by atoms with E-state index in [4.69, 9.17) is 11.0 Å². The number of fused-ring (bicyclic) bond motifs is 11. The van der Waals surface area contributed by atoms with Crippen LogP contribution in [0.3, 0.4) is 0 Å². The molecule has 0 saturated heterocycles. The van der Waals surface area contributed by atoms with Gasteiger partial charge in [0.2, 0.25) is 5.69 Å². The van der Waals surface area contributed by atoms with Crippen LogP contribution in [0.4, 0.5) is 22.7 Å². The van der Waals surface area contributed by atoms with Gasteiger partial charge < -0.3 is 18.5 Å². The molecule has 3 aromatic heterocycles. The van der Waals surface area contributed by atoms with E-state index in [-0.39, 0.29) is 0 Å². The minimum atomic E-state index is 0.440. The van der Waals surface area contributed by atoms with Gasteiger partial charge in [-0.1, -0.05) is 103 Å². The van der Waals surface area contributed by atoms with Gasteiger partial charge in [-0.3, -0.25) is 0 Å². The number of para-hydroxylation sites is 4. The van der Waals surface area contributed by atoms with Gasteiger partial charge in [-0.2, -0.15) is 5.26 Å². The topological polar surface area (TPSA) is 54.4 Å². The maximum Gasteiger partial charge on any atom is 0.212 e. The maximum absolute atomic E-state index is 11.1. The van der Waals surface area contributed by atoms with E-state index in [1.54, 1.807) is 0 Å². The average molecular weight is 766 g/mol. The molecule has 0 amide bonds. The first kappa shape index (κ1) is 33.5. The van der Waals surface area contributed by atoms with Crippen LogP contribution in [0.15, 0.2) is 192 Å². The molecule has 278 valence electrons. The predicted octanol–water partition coefficient (Wildman–Crippen LogP) is 14.8. The van der Waals surface area contributed by atoms with Crippen molar-refractivity contribution >= 4 is 99.1 Å². The number of nitriles is 1. The molecule has 0 aliphatic heterocycles. The van der Waals surface area contributed by atoms with Crippen LogP contribution >= 0.6 is 0 Å². The summed E-state index contributed by atoms with van der Waals surface area (Å²) in [4.78, 5) is 6.43. The van der Waals surface area contributed by atoms with Gasteiger partial charge in [-0.25, -0.2) is 4.85 Å². The third kappa shape index (κ3) is 4.86. The summed E-state index contributed by atoms with van der Waals surface area (Å²) in [6, 6.07) is 67.0. The molecule has 6 heteroatoms. The predicted molar refractivity (Wildman–Crippen MR) is 246 cm³/mol. The SMILES string of the molecule is [C-]#[N+]c1cc(-n2c3ccc(N(c4ccccc4)c4ccccc4)cc3c3cc4c(cc32)oc2ccccc24)c(C#N)cc1-n1c2ccccc2c2c3ccccc3ccc21. The second-order valence-corrected chi connectivity index (χ2v) is 15.1. The number of rotatable bonds is 5. The Morgan fingerprint density at radius 3 is 1.87 bits per heavy atom. The molecule has 6 nitrogen and oxygen atoms in total. The largest absolute Gasteiger partial charge is 0.456 e. The van der Waals surface area contributed by atoms with E-state index in [9.17, 15) is 5.26 Å². The molecule has 0 aliphatic rings. The van der Waals surface area contributed by atoms with Gasteiger partial charge in [0.05, 0.1) is 45.6 Å². The van der Waals surface area contributed by atoms with Gasteiger partial charge in [0.15, 0.2) is 0 Å². The highest BCUT2D eigenvalue weighted by atomic mass is 16.3. The highest BCUT2D eigenvalue weighted by Gasteiger charge is 2.24. The van der Waals surface area contributed by atoms with E-state index >= 15 is 0 Å². The molecule has 12 rings (SSSR count). The molecule has 0 radical (unpaired) electrons. The standard InChI is InChI=1S/C54H31N5O/c1-56-45-31-49(35(33-55)28-51(45)58-46-22-12-10-21-41(46)54-39-19-9-8-14-34(39)24-26-48(54)58)59-47-27-25-38(57(36-15-4-2-5-16-36)37-17-6-3-7-18-37)29-42(47)43-30-44-40-20-11-13-23-52(40)60-53(44)32-50(43)59/h2-32H. The zero-order valence-corrected chi connectivity index (χ0v) is 32.0. The molecule has 0 bridgehead atoms. The second-order valence-electron chi connectivity index (χ2n) is 15.1. The lowest BCUT2D eigenvalue weighted by molar-refractivity contribution is 0.669. The summed E-state index contributed by atoms with van der Waals surface area (Å²) in [5.41, 5.74) is 10.6. The fraction of sp³-hybridized carbons (Fsp3) is 0. The Balaban J connectivity index is 1.15. The van der Waals surface area contributed by atoms with E-state index in [1.165, 1.54) is 0 Å². The molecule has 0 spiro atoms. The first-order valence-corrected chi connectivity index (χ1v) is 19.9. The summed E-state index contributed by atoms with van der Waals surface area (Å²) in [6.45, 7) is 8.62. The number of hydrogen-bond acceptors (Lipinski definition) is 3. The summed E-state index contributed by atoms with van der Waals surface area (Å²) < 4.78 is 10.7. The van der Waals surface area contributed by atoms with Crippen LogP contribution in [0.5, 0.6) is 0 Å². The van der Waals surface area contributed by atoms with Gasteiger partial charge in [0.25, 0.3) is 0 Å². The minimum absolute atomic E-state index is 0.440. The van der Waals surface area contributed by atoms with Crippen LogP contribution in [-0.4, -0.2) is 9.13 Å². The Kier molecular flexibility index (Phi) is 7.26. The van der Waals surface area contributed by atoms with E-state index < -0.39 is 0 Å². The average Bonchev–Trinajstić information content (AvgIpc) is 3.95. The van der Waals surface area contributed by atoms with Crippen molar-refractivity contribution in [3.63, 3.8) is 0 Å². The van der Waals surface area contributed by atoms with Crippen molar-refractivity contribution in [3.05, 3.63) is 205 Å². The second kappa shape index (κ2) is 13.0. The van der Waals surface area contributed by atoms with Crippen LogP contribution < -0.4 is 4.90 Å². The van der Waals surface area contributed by atoms with Gasteiger partial charge in [-0.15, -0.1) is 0 Å². The fourth-order valence-corrected chi connectivity index (χ4v) is 9.33. The van der Waals surface area contributed by atoms with Crippen molar-refractivity contribution in [2.75, 3.05) is 4.90 Å². The number of anilines is 3. The molecule has 0 atom stereocenters. The Bertz CT molecular complexity index is 3760. The zero-order valence-electron chi connectivity index (χ0n) is 32.0. The number of furan rings is 1.